The maximum atomic E-state index is 12.2. The van der Waals surface area contributed by atoms with Gasteiger partial charge in [0.2, 0.25) is 0 Å². The molecule has 0 bridgehead atoms. The first-order valence-electron chi connectivity index (χ1n) is 8.41. The van der Waals surface area contributed by atoms with Crippen molar-refractivity contribution in [2.45, 2.75) is 20.3 Å². The molecule has 0 saturated carbocycles. The molecule has 2 rings (SSSR count). The topological polar surface area (TPSA) is 78.7 Å². The second kappa shape index (κ2) is 9.36. The highest BCUT2D eigenvalue weighted by atomic mass is 16.6. The lowest BCUT2D eigenvalue weighted by Gasteiger charge is -2.12. The second-order valence-electron chi connectivity index (χ2n) is 5.49. The second-order valence-corrected chi connectivity index (χ2v) is 5.49. The van der Waals surface area contributed by atoms with Gasteiger partial charge in [-0.3, -0.25) is 14.9 Å². The largest absolute Gasteiger partial charge is 0.490 e. The molecule has 26 heavy (non-hydrogen) atoms. The summed E-state index contributed by atoms with van der Waals surface area (Å²) in [7, 11) is 0. The van der Waals surface area contributed by atoms with Crippen LogP contribution in [0.2, 0.25) is 0 Å². The minimum Gasteiger partial charge on any atom is -0.490 e. The lowest BCUT2D eigenvalue weighted by atomic mass is 10.1. The molecule has 2 aromatic rings. The molecule has 0 amide bonds. The normalized spacial score (nSPS) is 10.7. The van der Waals surface area contributed by atoms with Crippen molar-refractivity contribution in [3.63, 3.8) is 0 Å². The number of benzene rings is 2. The lowest BCUT2D eigenvalue weighted by molar-refractivity contribution is -0.384. The van der Waals surface area contributed by atoms with Crippen LogP contribution < -0.4 is 9.47 Å². The van der Waals surface area contributed by atoms with E-state index in [4.69, 9.17) is 9.47 Å². The van der Waals surface area contributed by atoms with Gasteiger partial charge in [-0.05, 0) is 37.1 Å². The zero-order chi connectivity index (χ0) is 18.9. The molecule has 0 aromatic heterocycles. The van der Waals surface area contributed by atoms with Crippen LogP contribution in [0.3, 0.4) is 0 Å². The molecule has 6 nitrogen and oxygen atoms in total. The molecule has 0 N–H and O–H groups in total. The monoisotopic (exact) mass is 355 g/mol. The third-order valence-corrected chi connectivity index (χ3v) is 3.50. The van der Waals surface area contributed by atoms with Crippen molar-refractivity contribution < 1.29 is 19.2 Å². The van der Waals surface area contributed by atoms with Gasteiger partial charge in [0.05, 0.1) is 18.1 Å². The van der Waals surface area contributed by atoms with Gasteiger partial charge in [0, 0.05) is 17.7 Å². The summed E-state index contributed by atoms with van der Waals surface area (Å²) >= 11 is 0. The van der Waals surface area contributed by atoms with E-state index < -0.39 is 4.92 Å². The number of carbonyl (C=O) groups is 1. The van der Waals surface area contributed by atoms with Crippen molar-refractivity contribution in [2.24, 2.45) is 0 Å². The number of allylic oxidation sites excluding steroid dienone is 1. The van der Waals surface area contributed by atoms with Crippen LogP contribution in [0, 0.1) is 10.1 Å². The molecule has 0 fully saturated rings. The van der Waals surface area contributed by atoms with E-state index in [2.05, 4.69) is 0 Å². The Hall–Kier alpha value is -3.15. The number of nitro benzene ring substituents is 1. The first-order valence-corrected chi connectivity index (χ1v) is 8.41. The Balaban J connectivity index is 2.18. The van der Waals surface area contributed by atoms with E-state index >= 15 is 0 Å². The summed E-state index contributed by atoms with van der Waals surface area (Å²) in [5.41, 5.74) is 0.930. The van der Waals surface area contributed by atoms with Crippen molar-refractivity contribution in [1.29, 1.82) is 0 Å². The highest BCUT2D eigenvalue weighted by Gasteiger charge is 2.10. The van der Waals surface area contributed by atoms with E-state index in [1.54, 1.807) is 24.3 Å². The fraction of sp³-hybridized carbons (Fsp3) is 0.250. The van der Waals surface area contributed by atoms with E-state index in [0.717, 1.165) is 12.0 Å². The van der Waals surface area contributed by atoms with E-state index in [1.807, 2.05) is 19.9 Å². The van der Waals surface area contributed by atoms with Gasteiger partial charge in [-0.15, -0.1) is 0 Å². The molecule has 6 heteroatoms. The van der Waals surface area contributed by atoms with Crippen LogP contribution in [0.5, 0.6) is 11.5 Å². The van der Waals surface area contributed by atoms with E-state index in [0.29, 0.717) is 24.7 Å². The van der Waals surface area contributed by atoms with Crippen LogP contribution in [0.4, 0.5) is 5.69 Å². The van der Waals surface area contributed by atoms with Crippen molar-refractivity contribution in [3.05, 3.63) is 69.8 Å². The molecule has 0 heterocycles. The van der Waals surface area contributed by atoms with Crippen LogP contribution in [-0.2, 0) is 0 Å². The summed E-state index contributed by atoms with van der Waals surface area (Å²) < 4.78 is 11.2. The number of nitrogens with zero attached hydrogens (tertiary/aromatic N) is 1. The molecule has 0 saturated heterocycles. The van der Waals surface area contributed by atoms with Crippen molar-refractivity contribution in [3.8, 4) is 11.5 Å². The van der Waals surface area contributed by atoms with Gasteiger partial charge in [0.15, 0.2) is 17.3 Å². The smallest absolute Gasteiger partial charge is 0.270 e. The number of hydrogen-bond acceptors (Lipinski definition) is 5. The van der Waals surface area contributed by atoms with Crippen LogP contribution in [0.15, 0.2) is 48.5 Å². The van der Waals surface area contributed by atoms with Crippen LogP contribution in [0.25, 0.3) is 6.08 Å². The predicted octanol–water partition coefficient (Wildman–Crippen LogP) is 4.68. The van der Waals surface area contributed by atoms with E-state index in [-0.39, 0.29) is 17.0 Å². The predicted molar refractivity (Wildman–Crippen MR) is 99.9 cm³/mol. The Bertz CT molecular complexity index is 814. The first-order chi connectivity index (χ1) is 12.5. The molecule has 136 valence electrons. The summed E-state index contributed by atoms with van der Waals surface area (Å²) in [6.07, 6.45) is 3.93. The Morgan fingerprint density at radius 2 is 1.92 bits per heavy atom. The van der Waals surface area contributed by atoms with E-state index in [9.17, 15) is 14.9 Å². The zero-order valence-corrected chi connectivity index (χ0v) is 14.8. The van der Waals surface area contributed by atoms with Crippen molar-refractivity contribution >= 4 is 17.5 Å². The van der Waals surface area contributed by atoms with Gasteiger partial charge in [-0.25, -0.2) is 0 Å². The van der Waals surface area contributed by atoms with Gasteiger partial charge < -0.3 is 9.47 Å². The average molecular weight is 355 g/mol. The summed E-state index contributed by atoms with van der Waals surface area (Å²) in [5, 5.41) is 10.8. The number of ether oxygens (including phenoxy) is 2. The van der Waals surface area contributed by atoms with Gasteiger partial charge >= 0.3 is 0 Å². The Labute approximate surface area is 152 Å². The number of carbonyl (C=O) groups excluding carboxylic acids is 1. The molecule has 2 aromatic carbocycles. The van der Waals surface area contributed by atoms with Gasteiger partial charge in [0.1, 0.15) is 0 Å². The summed E-state index contributed by atoms with van der Waals surface area (Å²) in [5.74, 6) is 0.972. The summed E-state index contributed by atoms with van der Waals surface area (Å²) in [6.45, 7) is 5.01. The van der Waals surface area contributed by atoms with Crippen molar-refractivity contribution in [2.75, 3.05) is 13.2 Å². The molecule has 0 atom stereocenters. The standard InChI is InChI=1S/C20H21NO5/c1-3-12-26-19-11-9-15(13-20(19)25-4-2)8-10-18(22)16-6-5-7-17(14-16)21(23)24/h5-11,13-14H,3-4,12H2,1-2H3/b10-8+. The van der Waals surface area contributed by atoms with Gasteiger partial charge in [-0.2, -0.15) is 0 Å². The Morgan fingerprint density at radius 3 is 2.62 bits per heavy atom. The maximum Gasteiger partial charge on any atom is 0.270 e. The zero-order valence-electron chi connectivity index (χ0n) is 14.8. The number of rotatable bonds is 9. The molecule has 0 aliphatic rings. The van der Waals surface area contributed by atoms with Gasteiger partial charge in [0.25, 0.3) is 5.69 Å². The first kappa shape index (κ1) is 19.2. The number of hydrogen-bond donors (Lipinski definition) is 0. The molecular weight excluding hydrogens is 334 g/mol. The molecule has 0 spiro atoms. The molecule has 0 unspecified atom stereocenters. The van der Waals surface area contributed by atoms with Crippen LogP contribution in [-0.4, -0.2) is 23.9 Å². The maximum absolute atomic E-state index is 12.2. The fourth-order valence-electron chi connectivity index (χ4n) is 2.27. The number of nitro groups is 1. The third kappa shape index (κ3) is 5.17. The minimum atomic E-state index is -0.524. The lowest BCUT2D eigenvalue weighted by Crippen LogP contribution is -2.00. The SMILES string of the molecule is CCCOc1ccc(/C=C/C(=O)c2cccc([N+](=O)[O-])c2)cc1OCC. The molecule has 0 aliphatic heterocycles. The molecule has 0 radical (unpaired) electrons. The summed E-state index contributed by atoms with van der Waals surface area (Å²) in [4.78, 5) is 22.5. The van der Waals surface area contributed by atoms with Gasteiger partial charge in [-0.1, -0.05) is 31.2 Å². The van der Waals surface area contributed by atoms with Crippen LogP contribution in [0.1, 0.15) is 36.2 Å². The average Bonchev–Trinajstić information content (AvgIpc) is 2.65. The van der Waals surface area contributed by atoms with Crippen LogP contribution >= 0.6 is 0 Å². The van der Waals surface area contributed by atoms with Crippen molar-refractivity contribution in [1.82, 2.24) is 0 Å². The Kier molecular flexibility index (Phi) is 6.91. The minimum absolute atomic E-state index is 0.111. The molecular formula is C20H21NO5. The highest BCUT2D eigenvalue weighted by Crippen LogP contribution is 2.29. The van der Waals surface area contributed by atoms with E-state index in [1.165, 1.54) is 24.3 Å². The quantitative estimate of drug-likeness (QED) is 0.282. The number of non-ortho nitro benzene ring substituents is 1. The Morgan fingerprint density at radius 1 is 1.12 bits per heavy atom. The third-order valence-electron chi connectivity index (χ3n) is 3.50. The number of ketones is 1. The fourth-order valence-corrected chi connectivity index (χ4v) is 2.27. The molecule has 0 aliphatic carbocycles. The highest BCUT2D eigenvalue weighted by molar-refractivity contribution is 6.07. The summed E-state index contributed by atoms with van der Waals surface area (Å²) in [6, 6.07) is 11.1.